The van der Waals surface area contributed by atoms with Gasteiger partial charge in [0.2, 0.25) is 5.91 Å². The Hall–Kier alpha value is -1.81. The van der Waals surface area contributed by atoms with Crippen molar-refractivity contribution in [3.8, 4) is 0 Å². The first-order valence-corrected chi connectivity index (χ1v) is 8.44. The second kappa shape index (κ2) is 6.97. The van der Waals surface area contributed by atoms with E-state index in [1.165, 1.54) is 17.8 Å². The van der Waals surface area contributed by atoms with Gasteiger partial charge >= 0.3 is 0 Å². The molecular formula is C18H18FNOS. The molecule has 2 aromatic rings. The smallest absolute Gasteiger partial charge is 0.230 e. The number of halogens is 1. The van der Waals surface area contributed by atoms with Crippen LogP contribution in [0.25, 0.3) is 0 Å². The number of thioether (sulfide) groups is 1. The standard InChI is InChI=1S/C18H18FNOS/c19-15-8-4-5-9-16(15)22-12-17(21)20-18(14-10-11-14)13-6-2-1-3-7-13/h1-9,14,18H,10-12H2,(H,20,21). The topological polar surface area (TPSA) is 29.1 Å². The highest BCUT2D eigenvalue weighted by Gasteiger charge is 2.33. The molecule has 3 rings (SSSR count). The number of carbonyl (C=O) groups is 1. The predicted molar refractivity (Wildman–Crippen MR) is 87.2 cm³/mol. The third-order valence-electron chi connectivity index (χ3n) is 3.76. The monoisotopic (exact) mass is 315 g/mol. The van der Waals surface area contributed by atoms with Gasteiger partial charge in [-0.1, -0.05) is 42.5 Å². The van der Waals surface area contributed by atoms with Gasteiger partial charge in [-0.2, -0.15) is 0 Å². The van der Waals surface area contributed by atoms with Crippen LogP contribution in [-0.4, -0.2) is 11.7 Å². The number of amides is 1. The maximum Gasteiger partial charge on any atom is 0.230 e. The zero-order valence-electron chi connectivity index (χ0n) is 12.2. The van der Waals surface area contributed by atoms with E-state index in [-0.39, 0.29) is 23.5 Å². The van der Waals surface area contributed by atoms with Crippen molar-refractivity contribution in [3.05, 3.63) is 66.0 Å². The largest absolute Gasteiger partial charge is 0.348 e. The van der Waals surface area contributed by atoms with Gasteiger partial charge in [0.1, 0.15) is 5.82 Å². The number of hydrogen-bond donors (Lipinski definition) is 1. The minimum absolute atomic E-state index is 0.0472. The van der Waals surface area contributed by atoms with Gasteiger partial charge in [-0.05, 0) is 36.5 Å². The summed E-state index contributed by atoms with van der Waals surface area (Å²) in [7, 11) is 0. The molecule has 4 heteroatoms. The lowest BCUT2D eigenvalue weighted by molar-refractivity contribution is -0.119. The minimum Gasteiger partial charge on any atom is -0.348 e. The van der Waals surface area contributed by atoms with Crippen molar-refractivity contribution >= 4 is 17.7 Å². The number of benzene rings is 2. The number of carbonyl (C=O) groups excluding carboxylic acids is 1. The third kappa shape index (κ3) is 3.89. The Morgan fingerprint density at radius 2 is 1.82 bits per heavy atom. The normalized spacial score (nSPS) is 15.3. The van der Waals surface area contributed by atoms with Gasteiger partial charge in [0, 0.05) is 4.90 Å². The summed E-state index contributed by atoms with van der Waals surface area (Å²) in [6, 6.07) is 16.7. The zero-order valence-corrected chi connectivity index (χ0v) is 13.0. The van der Waals surface area contributed by atoms with Gasteiger partial charge in [0.25, 0.3) is 0 Å². The molecule has 0 aliphatic heterocycles. The van der Waals surface area contributed by atoms with Crippen LogP contribution >= 0.6 is 11.8 Å². The van der Waals surface area contributed by atoms with Gasteiger partial charge in [-0.25, -0.2) is 4.39 Å². The molecule has 1 saturated carbocycles. The van der Waals surface area contributed by atoms with E-state index in [2.05, 4.69) is 5.32 Å². The number of hydrogen-bond acceptors (Lipinski definition) is 2. The van der Waals surface area contributed by atoms with Crippen molar-refractivity contribution in [1.82, 2.24) is 5.32 Å². The van der Waals surface area contributed by atoms with Crippen molar-refractivity contribution in [1.29, 1.82) is 0 Å². The van der Waals surface area contributed by atoms with E-state index in [4.69, 9.17) is 0 Å². The Morgan fingerprint density at radius 3 is 2.50 bits per heavy atom. The Bertz CT molecular complexity index is 643. The predicted octanol–water partition coefficient (Wildman–Crippen LogP) is 4.19. The van der Waals surface area contributed by atoms with Crippen LogP contribution in [0.2, 0.25) is 0 Å². The molecule has 1 atom stereocenters. The summed E-state index contributed by atoms with van der Waals surface area (Å²) in [4.78, 5) is 12.7. The molecule has 0 aromatic heterocycles. The lowest BCUT2D eigenvalue weighted by Gasteiger charge is -2.18. The minimum atomic E-state index is -0.276. The third-order valence-corrected chi connectivity index (χ3v) is 4.81. The molecule has 1 fully saturated rings. The zero-order chi connectivity index (χ0) is 15.4. The molecule has 0 spiro atoms. The van der Waals surface area contributed by atoms with E-state index in [1.807, 2.05) is 30.3 Å². The van der Waals surface area contributed by atoms with Gasteiger partial charge in [-0.15, -0.1) is 11.8 Å². The maximum atomic E-state index is 13.6. The second-order valence-corrected chi connectivity index (χ2v) is 6.53. The van der Waals surface area contributed by atoms with E-state index >= 15 is 0 Å². The van der Waals surface area contributed by atoms with Crippen LogP contribution in [-0.2, 0) is 4.79 Å². The second-order valence-electron chi connectivity index (χ2n) is 5.51. The van der Waals surface area contributed by atoms with E-state index in [9.17, 15) is 9.18 Å². The highest BCUT2D eigenvalue weighted by Crippen LogP contribution is 2.41. The Kier molecular flexibility index (Phi) is 4.78. The average Bonchev–Trinajstić information content (AvgIpc) is 3.37. The molecule has 1 unspecified atom stereocenters. The van der Waals surface area contributed by atoms with Gasteiger partial charge < -0.3 is 5.32 Å². The fourth-order valence-corrected chi connectivity index (χ4v) is 3.23. The lowest BCUT2D eigenvalue weighted by atomic mass is 10.0. The average molecular weight is 315 g/mol. The first-order valence-electron chi connectivity index (χ1n) is 7.45. The molecule has 114 valence electrons. The van der Waals surface area contributed by atoms with Crippen molar-refractivity contribution in [3.63, 3.8) is 0 Å². The highest BCUT2D eigenvalue weighted by molar-refractivity contribution is 8.00. The first kappa shape index (κ1) is 15.1. The summed E-state index contributed by atoms with van der Waals surface area (Å²) in [5.74, 6) is 0.442. The molecule has 22 heavy (non-hydrogen) atoms. The van der Waals surface area contributed by atoms with Crippen molar-refractivity contribution in [2.24, 2.45) is 5.92 Å². The summed E-state index contributed by atoms with van der Waals surface area (Å²) >= 11 is 1.24. The van der Waals surface area contributed by atoms with E-state index in [1.54, 1.807) is 18.2 Å². The fraction of sp³-hybridized carbons (Fsp3) is 0.278. The Morgan fingerprint density at radius 1 is 1.14 bits per heavy atom. The molecule has 2 nitrogen and oxygen atoms in total. The molecule has 1 N–H and O–H groups in total. The van der Waals surface area contributed by atoms with Gasteiger partial charge in [0.05, 0.1) is 11.8 Å². The molecule has 1 aliphatic carbocycles. The molecule has 1 aliphatic rings. The molecule has 0 heterocycles. The Balaban J connectivity index is 1.59. The van der Waals surface area contributed by atoms with Crippen LogP contribution in [0.15, 0.2) is 59.5 Å². The van der Waals surface area contributed by atoms with Gasteiger partial charge in [-0.3, -0.25) is 4.79 Å². The highest BCUT2D eigenvalue weighted by atomic mass is 32.2. The molecule has 1 amide bonds. The molecule has 2 aromatic carbocycles. The Labute approximate surface area is 134 Å². The summed E-state index contributed by atoms with van der Waals surface area (Å²) in [6.07, 6.45) is 2.31. The molecular weight excluding hydrogens is 297 g/mol. The summed E-state index contributed by atoms with van der Waals surface area (Å²) < 4.78 is 13.6. The molecule has 0 radical (unpaired) electrons. The SMILES string of the molecule is O=C(CSc1ccccc1F)NC(c1ccccc1)C1CC1. The van der Waals surface area contributed by atoms with Gasteiger partial charge in [0.15, 0.2) is 0 Å². The van der Waals surface area contributed by atoms with Crippen molar-refractivity contribution < 1.29 is 9.18 Å². The number of nitrogens with one attached hydrogen (secondary N) is 1. The van der Waals surface area contributed by atoms with Crippen molar-refractivity contribution in [2.45, 2.75) is 23.8 Å². The quantitative estimate of drug-likeness (QED) is 0.810. The summed E-state index contributed by atoms with van der Waals surface area (Å²) in [6.45, 7) is 0. The van der Waals surface area contributed by atoms with Crippen LogP contribution < -0.4 is 5.32 Å². The summed E-state index contributed by atoms with van der Waals surface area (Å²) in [5, 5.41) is 3.10. The van der Waals surface area contributed by atoms with Crippen LogP contribution in [0.3, 0.4) is 0 Å². The van der Waals surface area contributed by atoms with Crippen LogP contribution in [0.4, 0.5) is 4.39 Å². The molecule has 0 bridgehead atoms. The fourth-order valence-electron chi connectivity index (χ4n) is 2.48. The van der Waals surface area contributed by atoms with Crippen molar-refractivity contribution in [2.75, 3.05) is 5.75 Å². The molecule has 0 saturated heterocycles. The van der Waals surface area contributed by atoms with E-state index < -0.39 is 0 Å². The van der Waals surface area contributed by atoms with E-state index in [0.29, 0.717) is 10.8 Å². The lowest BCUT2D eigenvalue weighted by Crippen LogP contribution is -2.31. The van der Waals surface area contributed by atoms with Crippen LogP contribution in [0.1, 0.15) is 24.4 Å². The number of rotatable bonds is 6. The first-order chi connectivity index (χ1) is 10.7. The van der Waals surface area contributed by atoms with Crippen LogP contribution in [0, 0.1) is 11.7 Å². The summed E-state index contributed by atoms with van der Waals surface area (Å²) in [5.41, 5.74) is 1.15. The van der Waals surface area contributed by atoms with E-state index in [0.717, 1.165) is 18.4 Å². The van der Waals surface area contributed by atoms with Crippen LogP contribution in [0.5, 0.6) is 0 Å². The maximum absolute atomic E-state index is 13.6.